The van der Waals surface area contributed by atoms with Crippen molar-refractivity contribution in [2.24, 2.45) is 0 Å². The quantitative estimate of drug-likeness (QED) is 0.573. The van der Waals surface area contributed by atoms with E-state index in [0.29, 0.717) is 11.5 Å². The third-order valence-corrected chi connectivity index (χ3v) is 6.15. The molecule has 0 unspecified atom stereocenters. The van der Waals surface area contributed by atoms with Crippen LogP contribution in [0.5, 0.6) is 0 Å². The highest BCUT2D eigenvalue weighted by molar-refractivity contribution is 8.00. The molecule has 1 heterocycles. The van der Waals surface area contributed by atoms with Crippen LogP contribution in [-0.4, -0.2) is 25.1 Å². The molecule has 0 atom stereocenters. The van der Waals surface area contributed by atoms with Gasteiger partial charge in [0.15, 0.2) is 0 Å². The minimum absolute atomic E-state index is 0.159. The third kappa shape index (κ3) is 5.58. The molecule has 0 radical (unpaired) electrons. The second kappa shape index (κ2) is 8.90. The molecule has 0 fully saturated rings. The van der Waals surface area contributed by atoms with Crippen molar-refractivity contribution in [3.8, 4) is 0 Å². The van der Waals surface area contributed by atoms with Crippen molar-refractivity contribution in [2.75, 3.05) is 15.8 Å². The molecule has 8 heteroatoms. The highest BCUT2D eigenvalue weighted by atomic mass is 32.2. The number of pyridine rings is 1. The van der Waals surface area contributed by atoms with Crippen LogP contribution in [0.1, 0.15) is 5.56 Å². The number of sulfonamides is 1. The van der Waals surface area contributed by atoms with Crippen LogP contribution in [0.2, 0.25) is 0 Å². The molecule has 3 rings (SSSR count). The lowest BCUT2D eigenvalue weighted by Crippen LogP contribution is -2.14. The van der Waals surface area contributed by atoms with E-state index < -0.39 is 10.0 Å². The summed E-state index contributed by atoms with van der Waals surface area (Å²) < 4.78 is 27.4. The fraction of sp³-hybridized carbons (Fsp3) is 0.100. The number of rotatable bonds is 7. The summed E-state index contributed by atoms with van der Waals surface area (Å²) in [5.41, 5.74) is 1.45. The van der Waals surface area contributed by atoms with E-state index in [1.807, 2.05) is 6.92 Å². The summed E-state index contributed by atoms with van der Waals surface area (Å²) in [6.07, 6.45) is 1.61. The van der Waals surface area contributed by atoms with Crippen LogP contribution in [-0.2, 0) is 14.8 Å². The van der Waals surface area contributed by atoms with Crippen molar-refractivity contribution < 1.29 is 13.2 Å². The fourth-order valence-electron chi connectivity index (χ4n) is 2.32. The normalized spacial score (nSPS) is 11.0. The van der Waals surface area contributed by atoms with Gasteiger partial charge < -0.3 is 5.32 Å². The largest absolute Gasteiger partial charge is 0.310 e. The number of thioether (sulfide) groups is 1. The van der Waals surface area contributed by atoms with Gasteiger partial charge in [-0.15, -0.1) is 11.8 Å². The molecule has 1 amide bonds. The number of carbonyl (C=O) groups excluding carboxylic acids is 1. The Morgan fingerprint density at radius 1 is 1.00 bits per heavy atom. The lowest BCUT2D eigenvalue weighted by atomic mass is 10.2. The molecule has 144 valence electrons. The molecule has 0 aliphatic heterocycles. The van der Waals surface area contributed by atoms with Crippen LogP contribution in [0.3, 0.4) is 0 Å². The van der Waals surface area contributed by atoms with Crippen LogP contribution in [0, 0.1) is 6.92 Å². The molecule has 2 aromatic carbocycles. The molecular weight excluding hydrogens is 394 g/mol. The Morgan fingerprint density at radius 2 is 1.71 bits per heavy atom. The molecule has 0 aliphatic rings. The molecule has 1 aromatic heterocycles. The van der Waals surface area contributed by atoms with Crippen molar-refractivity contribution >= 4 is 39.2 Å². The number of anilines is 2. The van der Waals surface area contributed by atoms with E-state index in [1.54, 1.807) is 72.9 Å². The topological polar surface area (TPSA) is 88.2 Å². The molecule has 0 saturated heterocycles. The van der Waals surface area contributed by atoms with Crippen molar-refractivity contribution in [1.82, 2.24) is 4.98 Å². The van der Waals surface area contributed by atoms with E-state index in [-0.39, 0.29) is 16.6 Å². The van der Waals surface area contributed by atoms with Crippen LogP contribution in [0.15, 0.2) is 82.7 Å². The Balaban J connectivity index is 1.56. The van der Waals surface area contributed by atoms with Crippen molar-refractivity contribution in [3.05, 3.63) is 78.5 Å². The van der Waals surface area contributed by atoms with E-state index in [4.69, 9.17) is 0 Å². The van der Waals surface area contributed by atoms with E-state index in [9.17, 15) is 13.2 Å². The molecule has 0 aliphatic carbocycles. The third-order valence-electron chi connectivity index (χ3n) is 3.74. The monoisotopic (exact) mass is 413 g/mol. The maximum atomic E-state index is 12.4. The van der Waals surface area contributed by atoms with Crippen molar-refractivity contribution in [2.45, 2.75) is 16.7 Å². The fourth-order valence-corrected chi connectivity index (χ4v) is 4.07. The Bertz CT molecular complexity index is 1040. The highest BCUT2D eigenvalue weighted by Gasteiger charge is 2.13. The zero-order chi connectivity index (χ0) is 20.0. The first-order valence-electron chi connectivity index (χ1n) is 8.46. The summed E-state index contributed by atoms with van der Waals surface area (Å²) in [5.74, 6) is 0.576. The van der Waals surface area contributed by atoms with E-state index in [2.05, 4.69) is 15.0 Å². The van der Waals surface area contributed by atoms with E-state index in [0.717, 1.165) is 10.5 Å². The number of nitrogens with one attached hydrogen (secondary N) is 2. The Kier molecular flexibility index (Phi) is 6.33. The van der Waals surface area contributed by atoms with Crippen LogP contribution >= 0.6 is 11.8 Å². The molecule has 0 saturated carbocycles. The van der Waals surface area contributed by atoms with Crippen LogP contribution < -0.4 is 10.0 Å². The van der Waals surface area contributed by atoms with Crippen LogP contribution in [0.4, 0.5) is 11.5 Å². The molecule has 6 nitrogen and oxygen atoms in total. The number of carbonyl (C=O) groups is 1. The second-order valence-corrected chi connectivity index (χ2v) is 8.73. The predicted octanol–water partition coefficient (Wildman–Crippen LogP) is 3.92. The number of hydrogen-bond acceptors (Lipinski definition) is 5. The lowest BCUT2D eigenvalue weighted by molar-refractivity contribution is -0.113. The molecule has 3 aromatic rings. The van der Waals surface area contributed by atoms with Gasteiger partial charge in [0.2, 0.25) is 5.91 Å². The summed E-state index contributed by atoms with van der Waals surface area (Å²) in [7, 11) is -3.63. The average Bonchev–Trinajstić information content (AvgIpc) is 2.68. The molecule has 0 bridgehead atoms. The molecular formula is C20H19N3O3S2. The number of hydrogen-bond donors (Lipinski definition) is 2. The van der Waals surface area contributed by atoms with Gasteiger partial charge in [0.1, 0.15) is 5.82 Å². The average molecular weight is 414 g/mol. The maximum Gasteiger partial charge on any atom is 0.261 e. The standard InChI is InChI=1S/C20H19N3O3S2/c1-15-5-11-18(12-6-15)28(25,26)23-16-7-9-17(10-8-16)27-14-20(24)22-19-4-2-3-13-21-19/h2-13,23H,14H2,1H3,(H,21,22,24). The zero-order valence-corrected chi connectivity index (χ0v) is 16.8. The number of aromatic nitrogens is 1. The Labute approximate surface area is 168 Å². The summed E-state index contributed by atoms with van der Waals surface area (Å²) >= 11 is 1.36. The number of benzene rings is 2. The summed E-state index contributed by atoms with van der Waals surface area (Å²) in [6.45, 7) is 1.90. The smallest absolute Gasteiger partial charge is 0.261 e. The molecule has 28 heavy (non-hydrogen) atoms. The molecule has 2 N–H and O–H groups in total. The first kappa shape index (κ1) is 19.9. The Morgan fingerprint density at radius 3 is 2.36 bits per heavy atom. The molecule has 0 spiro atoms. The predicted molar refractivity (Wildman–Crippen MR) is 112 cm³/mol. The van der Waals surface area contributed by atoms with Gasteiger partial charge in [0, 0.05) is 16.8 Å². The first-order valence-corrected chi connectivity index (χ1v) is 10.9. The van der Waals surface area contributed by atoms with Gasteiger partial charge in [-0.25, -0.2) is 13.4 Å². The highest BCUT2D eigenvalue weighted by Crippen LogP contribution is 2.22. The van der Waals surface area contributed by atoms with Crippen molar-refractivity contribution in [3.63, 3.8) is 0 Å². The number of aryl methyl sites for hydroxylation is 1. The minimum atomic E-state index is -3.63. The second-order valence-electron chi connectivity index (χ2n) is 5.99. The van der Waals surface area contributed by atoms with Gasteiger partial charge in [-0.1, -0.05) is 23.8 Å². The SMILES string of the molecule is Cc1ccc(S(=O)(=O)Nc2ccc(SCC(=O)Nc3ccccn3)cc2)cc1. The van der Waals surface area contributed by atoms with Gasteiger partial charge in [-0.2, -0.15) is 0 Å². The van der Waals surface area contributed by atoms with Gasteiger partial charge in [0.25, 0.3) is 10.0 Å². The van der Waals surface area contributed by atoms with E-state index in [1.165, 1.54) is 11.8 Å². The minimum Gasteiger partial charge on any atom is -0.310 e. The summed E-state index contributed by atoms with van der Waals surface area (Å²) in [5, 5.41) is 2.71. The summed E-state index contributed by atoms with van der Waals surface area (Å²) in [6, 6.07) is 18.8. The zero-order valence-electron chi connectivity index (χ0n) is 15.1. The lowest BCUT2D eigenvalue weighted by Gasteiger charge is -2.09. The number of amides is 1. The summed E-state index contributed by atoms with van der Waals surface area (Å²) in [4.78, 5) is 17.1. The van der Waals surface area contributed by atoms with Crippen molar-refractivity contribution in [1.29, 1.82) is 0 Å². The number of nitrogens with zero attached hydrogens (tertiary/aromatic N) is 1. The van der Waals surface area contributed by atoms with Gasteiger partial charge >= 0.3 is 0 Å². The van der Waals surface area contributed by atoms with Gasteiger partial charge in [-0.3, -0.25) is 9.52 Å². The van der Waals surface area contributed by atoms with Gasteiger partial charge in [0.05, 0.1) is 10.6 Å². The van der Waals surface area contributed by atoms with Gasteiger partial charge in [-0.05, 0) is 55.5 Å². The van der Waals surface area contributed by atoms with Crippen LogP contribution in [0.25, 0.3) is 0 Å². The maximum absolute atomic E-state index is 12.4. The Hall–Kier alpha value is -2.84. The van der Waals surface area contributed by atoms with E-state index >= 15 is 0 Å². The first-order chi connectivity index (χ1) is 13.4.